The van der Waals surface area contributed by atoms with Crippen molar-refractivity contribution in [3.63, 3.8) is 0 Å². The molecule has 1 aliphatic heterocycles. The average Bonchev–Trinajstić information content (AvgIpc) is 3.19. The monoisotopic (exact) mass is 402 g/mol. The van der Waals surface area contributed by atoms with E-state index in [1.54, 1.807) is 11.6 Å². The van der Waals surface area contributed by atoms with Gasteiger partial charge in [0.2, 0.25) is 0 Å². The van der Waals surface area contributed by atoms with Gasteiger partial charge in [-0.15, -0.1) is 0 Å². The zero-order chi connectivity index (χ0) is 21.3. The van der Waals surface area contributed by atoms with E-state index in [9.17, 15) is 9.59 Å². The van der Waals surface area contributed by atoms with E-state index in [1.165, 1.54) is 7.11 Å². The Hall–Kier alpha value is -3.87. The lowest BCUT2D eigenvalue weighted by molar-refractivity contribution is -0.136. The Morgan fingerprint density at radius 1 is 1.07 bits per heavy atom. The molecule has 0 aliphatic carbocycles. The van der Waals surface area contributed by atoms with Crippen LogP contribution in [-0.2, 0) is 9.53 Å². The van der Waals surface area contributed by atoms with Crippen molar-refractivity contribution >= 4 is 12.0 Å². The van der Waals surface area contributed by atoms with Gasteiger partial charge in [0.05, 0.1) is 30.1 Å². The third-order valence-electron chi connectivity index (χ3n) is 5.07. The maximum atomic E-state index is 12.5. The third-order valence-corrected chi connectivity index (χ3v) is 5.07. The summed E-state index contributed by atoms with van der Waals surface area (Å²) in [6.45, 7) is 3.70. The highest BCUT2D eigenvalue weighted by Crippen LogP contribution is 2.34. The highest BCUT2D eigenvalue weighted by Gasteiger charge is 2.34. The summed E-state index contributed by atoms with van der Waals surface area (Å²) in [5.41, 5.74) is 5.08. The lowest BCUT2D eigenvalue weighted by Gasteiger charge is -2.27. The molecule has 0 radical (unpaired) electrons. The molecule has 7 heteroatoms. The first-order chi connectivity index (χ1) is 14.5. The van der Waals surface area contributed by atoms with Gasteiger partial charge in [-0.2, -0.15) is 5.10 Å². The number of esters is 1. The SMILES string of the molecule is COC(=O)C1=C(C)NC(=O)NC1c1cn(-c2ccccc2)nc1-c1ccc(C)cc1. The number of hydrogen-bond acceptors (Lipinski definition) is 4. The van der Waals surface area contributed by atoms with E-state index in [-0.39, 0.29) is 6.03 Å². The Kier molecular flexibility index (Phi) is 5.10. The van der Waals surface area contributed by atoms with Crippen molar-refractivity contribution in [2.75, 3.05) is 7.11 Å². The molecule has 0 saturated carbocycles. The maximum absolute atomic E-state index is 12.5. The maximum Gasteiger partial charge on any atom is 0.337 e. The van der Waals surface area contributed by atoms with Gasteiger partial charge in [-0.3, -0.25) is 0 Å². The molecule has 2 heterocycles. The lowest BCUT2D eigenvalue weighted by atomic mass is 9.93. The van der Waals surface area contributed by atoms with E-state index in [1.807, 2.05) is 67.7 Å². The van der Waals surface area contributed by atoms with Gasteiger partial charge in [-0.05, 0) is 26.0 Å². The minimum absolute atomic E-state index is 0.345. The number of ether oxygens (including phenoxy) is 1. The summed E-state index contributed by atoms with van der Waals surface area (Å²) >= 11 is 0. The first-order valence-electron chi connectivity index (χ1n) is 9.56. The van der Waals surface area contributed by atoms with Crippen molar-refractivity contribution in [2.24, 2.45) is 0 Å². The number of benzene rings is 2. The minimum atomic E-state index is -0.694. The molecule has 152 valence electrons. The molecular weight excluding hydrogens is 380 g/mol. The van der Waals surface area contributed by atoms with E-state index in [0.717, 1.165) is 16.8 Å². The first-order valence-corrected chi connectivity index (χ1v) is 9.56. The Morgan fingerprint density at radius 3 is 2.43 bits per heavy atom. The van der Waals surface area contributed by atoms with Crippen molar-refractivity contribution in [3.8, 4) is 16.9 Å². The normalized spacial score (nSPS) is 16.1. The van der Waals surface area contributed by atoms with Gasteiger partial charge in [-0.25, -0.2) is 14.3 Å². The second-order valence-corrected chi connectivity index (χ2v) is 7.14. The van der Waals surface area contributed by atoms with Crippen LogP contribution in [0.25, 0.3) is 16.9 Å². The summed E-state index contributed by atoms with van der Waals surface area (Å²) in [7, 11) is 1.32. The lowest BCUT2D eigenvalue weighted by Crippen LogP contribution is -2.45. The molecule has 4 rings (SSSR count). The number of rotatable bonds is 4. The van der Waals surface area contributed by atoms with Crippen molar-refractivity contribution in [1.29, 1.82) is 0 Å². The molecule has 1 unspecified atom stereocenters. The summed E-state index contributed by atoms with van der Waals surface area (Å²) in [5, 5.41) is 10.3. The zero-order valence-electron chi connectivity index (χ0n) is 17.0. The van der Waals surface area contributed by atoms with Crippen LogP contribution in [0.1, 0.15) is 24.1 Å². The number of methoxy groups -OCH3 is 1. The summed E-state index contributed by atoms with van der Waals surface area (Å²) in [4.78, 5) is 24.8. The standard InChI is InChI=1S/C23H22N4O3/c1-14-9-11-16(12-10-14)20-18(13-27(26-20)17-7-5-4-6-8-17)21-19(22(28)30-3)15(2)24-23(29)25-21/h4-13,21H,1-3H3,(H2,24,25,29). The third kappa shape index (κ3) is 3.57. The number of allylic oxidation sites excluding steroid dienone is 1. The quantitative estimate of drug-likeness (QED) is 0.653. The number of para-hydroxylation sites is 1. The summed E-state index contributed by atoms with van der Waals surface area (Å²) in [6, 6.07) is 16.6. The summed E-state index contributed by atoms with van der Waals surface area (Å²) < 4.78 is 6.74. The van der Waals surface area contributed by atoms with E-state index in [2.05, 4.69) is 10.6 Å². The van der Waals surface area contributed by atoms with Crippen LogP contribution in [0.5, 0.6) is 0 Å². The number of aryl methyl sites for hydroxylation is 1. The van der Waals surface area contributed by atoms with Crippen LogP contribution in [-0.4, -0.2) is 28.9 Å². The molecule has 2 aromatic carbocycles. The van der Waals surface area contributed by atoms with Crippen molar-refractivity contribution in [2.45, 2.75) is 19.9 Å². The van der Waals surface area contributed by atoms with Crippen LogP contribution in [0.2, 0.25) is 0 Å². The van der Waals surface area contributed by atoms with Crippen molar-refractivity contribution in [3.05, 3.63) is 83.2 Å². The number of urea groups is 1. The van der Waals surface area contributed by atoms with Crippen LogP contribution >= 0.6 is 0 Å². The zero-order valence-corrected chi connectivity index (χ0v) is 17.0. The van der Waals surface area contributed by atoms with Gasteiger partial charge in [0.25, 0.3) is 0 Å². The van der Waals surface area contributed by atoms with E-state index >= 15 is 0 Å². The van der Waals surface area contributed by atoms with E-state index in [4.69, 9.17) is 9.84 Å². The van der Waals surface area contributed by atoms with Crippen LogP contribution in [0.3, 0.4) is 0 Å². The molecule has 0 bridgehead atoms. The Morgan fingerprint density at radius 2 is 1.77 bits per heavy atom. The minimum Gasteiger partial charge on any atom is -0.466 e. The molecule has 0 fully saturated rings. The Bertz CT molecular complexity index is 1130. The number of nitrogens with one attached hydrogen (secondary N) is 2. The predicted molar refractivity (Wildman–Crippen MR) is 113 cm³/mol. The topological polar surface area (TPSA) is 85.2 Å². The second-order valence-electron chi connectivity index (χ2n) is 7.14. The predicted octanol–water partition coefficient (Wildman–Crippen LogP) is 3.65. The molecule has 2 N–H and O–H groups in total. The number of hydrogen-bond donors (Lipinski definition) is 2. The highest BCUT2D eigenvalue weighted by molar-refractivity contribution is 5.95. The van der Waals surface area contributed by atoms with Crippen LogP contribution < -0.4 is 10.6 Å². The Labute approximate surface area is 174 Å². The van der Waals surface area contributed by atoms with Crippen molar-refractivity contribution < 1.29 is 14.3 Å². The number of aromatic nitrogens is 2. The molecule has 1 atom stereocenters. The van der Waals surface area contributed by atoms with Gasteiger partial charge in [-0.1, -0.05) is 48.0 Å². The van der Waals surface area contributed by atoms with Gasteiger partial charge in [0.1, 0.15) is 0 Å². The number of carbonyl (C=O) groups excluding carboxylic acids is 2. The first kappa shape index (κ1) is 19.4. The van der Waals surface area contributed by atoms with Crippen LogP contribution in [0.4, 0.5) is 4.79 Å². The van der Waals surface area contributed by atoms with E-state index < -0.39 is 12.0 Å². The fourth-order valence-electron chi connectivity index (χ4n) is 3.55. The molecular formula is C23H22N4O3. The van der Waals surface area contributed by atoms with Crippen molar-refractivity contribution in [1.82, 2.24) is 20.4 Å². The summed E-state index contributed by atoms with van der Waals surface area (Å²) in [5.74, 6) is -0.507. The summed E-state index contributed by atoms with van der Waals surface area (Å²) in [6.07, 6.45) is 1.84. The van der Waals surface area contributed by atoms with Crippen LogP contribution in [0.15, 0.2) is 72.1 Å². The molecule has 3 aromatic rings. The molecule has 1 aliphatic rings. The molecule has 30 heavy (non-hydrogen) atoms. The fraction of sp³-hybridized carbons (Fsp3) is 0.174. The average molecular weight is 402 g/mol. The number of amides is 2. The van der Waals surface area contributed by atoms with Gasteiger partial charge in [0, 0.05) is 23.0 Å². The van der Waals surface area contributed by atoms with Crippen LogP contribution in [0, 0.1) is 6.92 Å². The Balaban J connectivity index is 1.92. The number of nitrogens with zero attached hydrogens (tertiary/aromatic N) is 2. The molecule has 7 nitrogen and oxygen atoms in total. The molecule has 0 saturated heterocycles. The fourth-order valence-corrected chi connectivity index (χ4v) is 3.55. The smallest absolute Gasteiger partial charge is 0.337 e. The molecule has 2 amide bonds. The second kappa shape index (κ2) is 7.87. The molecule has 0 spiro atoms. The van der Waals surface area contributed by atoms with Gasteiger partial charge < -0.3 is 15.4 Å². The molecule has 1 aromatic heterocycles. The number of carbonyl (C=O) groups is 2. The highest BCUT2D eigenvalue weighted by atomic mass is 16.5. The van der Waals surface area contributed by atoms with Gasteiger partial charge in [0.15, 0.2) is 0 Å². The van der Waals surface area contributed by atoms with Gasteiger partial charge >= 0.3 is 12.0 Å². The van der Waals surface area contributed by atoms with E-state index in [0.29, 0.717) is 22.5 Å². The largest absolute Gasteiger partial charge is 0.466 e.